The smallest absolute Gasteiger partial charge is 0.136 e. The van der Waals surface area contributed by atoms with Crippen LogP contribution < -0.4 is 10.6 Å². The molecule has 2 rings (SSSR count). The van der Waals surface area contributed by atoms with Gasteiger partial charge in [-0.05, 0) is 19.4 Å². The SMILES string of the molecule is CCCNc1cc(Nc2ccccc2COC)nc(C)n1. The molecular weight excluding hydrogens is 264 g/mol. The molecule has 21 heavy (non-hydrogen) atoms. The lowest BCUT2D eigenvalue weighted by atomic mass is 10.2. The fourth-order valence-corrected chi connectivity index (χ4v) is 2.04. The van der Waals surface area contributed by atoms with Gasteiger partial charge in [0.2, 0.25) is 0 Å². The summed E-state index contributed by atoms with van der Waals surface area (Å²) in [6, 6.07) is 9.97. The van der Waals surface area contributed by atoms with Crippen molar-refractivity contribution in [1.82, 2.24) is 9.97 Å². The average Bonchev–Trinajstić information content (AvgIpc) is 2.47. The molecule has 0 aliphatic carbocycles. The van der Waals surface area contributed by atoms with Crippen LogP contribution in [0.3, 0.4) is 0 Å². The topological polar surface area (TPSA) is 59.1 Å². The number of aromatic nitrogens is 2. The Labute approximate surface area is 125 Å². The van der Waals surface area contributed by atoms with Crippen molar-refractivity contribution < 1.29 is 4.74 Å². The second kappa shape index (κ2) is 7.59. The number of nitrogens with one attached hydrogen (secondary N) is 2. The molecule has 0 saturated heterocycles. The number of rotatable bonds is 7. The van der Waals surface area contributed by atoms with E-state index in [4.69, 9.17) is 4.74 Å². The van der Waals surface area contributed by atoms with E-state index in [1.807, 2.05) is 37.3 Å². The second-order valence-corrected chi connectivity index (χ2v) is 4.83. The molecule has 0 unspecified atom stereocenters. The molecule has 112 valence electrons. The van der Waals surface area contributed by atoms with Crippen molar-refractivity contribution in [1.29, 1.82) is 0 Å². The van der Waals surface area contributed by atoms with Gasteiger partial charge in [0.15, 0.2) is 0 Å². The predicted molar refractivity (Wildman–Crippen MR) is 86.0 cm³/mol. The standard InChI is InChI=1S/C16H22N4O/c1-4-9-17-15-10-16(19-12(2)18-15)20-14-8-6-5-7-13(14)11-21-3/h5-8,10H,4,9,11H2,1-3H3,(H2,17,18,19,20). The van der Waals surface area contributed by atoms with Gasteiger partial charge in [-0.15, -0.1) is 0 Å². The van der Waals surface area contributed by atoms with Crippen LogP contribution in [0.1, 0.15) is 24.7 Å². The summed E-state index contributed by atoms with van der Waals surface area (Å²) in [4.78, 5) is 8.82. The third-order valence-electron chi connectivity index (χ3n) is 2.97. The summed E-state index contributed by atoms with van der Waals surface area (Å²) < 4.78 is 5.22. The molecule has 0 saturated carbocycles. The van der Waals surface area contributed by atoms with Gasteiger partial charge in [0.25, 0.3) is 0 Å². The minimum atomic E-state index is 0.564. The Morgan fingerprint density at radius 1 is 1.14 bits per heavy atom. The Bertz CT molecular complexity index is 586. The monoisotopic (exact) mass is 286 g/mol. The van der Waals surface area contributed by atoms with Crippen molar-refractivity contribution in [3.63, 3.8) is 0 Å². The van der Waals surface area contributed by atoms with Crippen LogP contribution in [0, 0.1) is 6.92 Å². The molecule has 0 fully saturated rings. The molecule has 1 heterocycles. The van der Waals surface area contributed by atoms with E-state index in [-0.39, 0.29) is 0 Å². The van der Waals surface area contributed by atoms with E-state index in [9.17, 15) is 0 Å². The lowest BCUT2D eigenvalue weighted by molar-refractivity contribution is 0.185. The Hall–Kier alpha value is -2.14. The highest BCUT2D eigenvalue weighted by Crippen LogP contribution is 2.21. The summed E-state index contributed by atoms with van der Waals surface area (Å²) in [6.07, 6.45) is 1.06. The van der Waals surface area contributed by atoms with Crippen LogP contribution in [-0.4, -0.2) is 23.6 Å². The molecule has 0 atom stereocenters. The van der Waals surface area contributed by atoms with E-state index in [0.717, 1.165) is 41.7 Å². The molecule has 0 bridgehead atoms. The van der Waals surface area contributed by atoms with Gasteiger partial charge in [-0.1, -0.05) is 25.1 Å². The van der Waals surface area contributed by atoms with Crippen LogP contribution in [0.5, 0.6) is 0 Å². The van der Waals surface area contributed by atoms with Gasteiger partial charge in [0, 0.05) is 31.0 Å². The Kier molecular flexibility index (Phi) is 5.51. The van der Waals surface area contributed by atoms with Crippen LogP contribution in [-0.2, 0) is 11.3 Å². The van der Waals surface area contributed by atoms with E-state index in [1.165, 1.54) is 0 Å². The number of hydrogen-bond donors (Lipinski definition) is 2. The number of methoxy groups -OCH3 is 1. The number of para-hydroxylation sites is 1. The van der Waals surface area contributed by atoms with E-state index < -0.39 is 0 Å². The van der Waals surface area contributed by atoms with Crippen molar-refractivity contribution in [2.24, 2.45) is 0 Å². The van der Waals surface area contributed by atoms with E-state index in [2.05, 4.69) is 27.5 Å². The number of hydrogen-bond acceptors (Lipinski definition) is 5. The van der Waals surface area contributed by atoms with E-state index >= 15 is 0 Å². The molecule has 5 nitrogen and oxygen atoms in total. The zero-order chi connectivity index (χ0) is 15.1. The summed E-state index contributed by atoms with van der Waals surface area (Å²) in [5.74, 6) is 2.36. The summed E-state index contributed by atoms with van der Waals surface area (Å²) in [7, 11) is 1.69. The molecule has 5 heteroatoms. The maximum Gasteiger partial charge on any atom is 0.136 e. The van der Waals surface area contributed by atoms with Crippen LogP contribution in [0.15, 0.2) is 30.3 Å². The molecule has 0 aliphatic heterocycles. The normalized spacial score (nSPS) is 10.4. The van der Waals surface area contributed by atoms with Crippen LogP contribution in [0.4, 0.5) is 17.3 Å². The van der Waals surface area contributed by atoms with Gasteiger partial charge in [0.1, 0.15) is 17.5 Å². The van der Waals surface area contributed by atoms with Crippen molar-refractivity contribution in [2.75, 3.05) is 24.3 Å². The van der Waals surface area contributed by atoms with Crippen molar-refractivity contribution in [3.8, 4) is 0 Å². The highest BCUT2D eigenvalue weighted by molar-refractivity contribution is 5.62. The van der Waals surface area contributed by atoms with Crippen molar-refractivity contribution in [2.45, 2.75) is 26.9 Å². The molecular formula is C16H22N4O. The first-order chi connectivity index (χ1) is 10.2. The summed E-state index contributed by atoms with van der Waals surface area (Å²) in [5.41, 5.74) is 2.10. The van der Waals surface area contributed by atoms with Crippen molar-refractivity contribution in [3.05, 3.63) is 41.7 Å². The highest BCUT2D eigenvalue weighted by atomic mass is 16.5. The van der Waals surface area contributed by atoms with E-state index in [1.54, 1.807) is 7.11 Å². The summed E-state index contributed by atoms with van der Waals surface area (Å²) >= 11 is 0. The Morgan fingerprint density at radius 2 is 1.90 bits per heavy atom. The number of benzene rings is 1. The number of nitrogens with zero attached hydrogens (tertiary/aromatic N) is 2. The lowest BCUT2D eigenvalue weighted by Gasteiger charge is -2.12. The second-order valence-electron chi connectivity index (χ2n) is 4.83. The van der Waals surface area contributed by atoms with Gasteiger partial charge in [0.05, 0.1) is 6.61 Å². The number of aryl methyl sites for hydroxylation is 1. The predicted octanol–water partition coefficient (Wildman–Crippen LogP) is 3.50. The Balaban J connectivity index is 2.21. The summed E-state index contributed by atoms with van der Waals surface area (Å²) in [5, 5.41) is 6.63. The minimum Gasteiger partial charge on any atom is -0.380 e. The minimum absolute atomic E-state index is 0.564. The molecule has 0 amide bonds. The molecule has 2 aromatic rings. The zero-order valence-electron chi connectivity index (χ0n) is 12.8. The van der Waals surface area contributed by atoms with Crippen LogP contribution in [0.2, 0.25) is 0 Å². The largest absolute Gasteiger partial charge is 0.380 e. The van der Waals surface area contributed by atoms with Gasteiger partial charge < -0.3 is 15.4 Å². The Morgan fingerprint density at radius 3 is 2.67 bits per heavy atom. The zero-order valence-corrected chi connectivity index (χ0v) is 12.8. The van der Waals surface area contributed by atoms with Crippen molar-refractivity contribution >= 4 is 17.3 Å². The number of anilines is 3. The molecule has 2 N–H and O–H groups in total. The van der Waals surface area contributed by atoms with Crippen LogP contribution >= 0.6 is 0 Å². The number of ether oxygens (including phenoxy) is 1. The fourth-order valence-electron chi connectivity index (χ4n) is 2.04. The lowest BCUT2D eigenvalue weighted by Crippen LogP contribution is -2.06. The highest BCUT2D eigenvalue weighted by Gasteiger charge is 2.05. The van der Waals surface area contributed by atoms with Gasteiger partial charge in [-0.25, -0.2) is 9.97 Å². The molecule has 0 spiro atoms. The fraction of sp³-hybridized carbons (Fsp3) is 0.375. The first kappa shape index (κ1) is 15.3. The van der Waals surface area contributed by atoms with Gasteiger partial charge >= 0.3 is 0 Å². The van der Waals surface area contributed by atoms with E-state index in [0.29, 0.717) is 6.61 Å². The molecule has 1 aromatic carbocycles. The molecule has 1 aromatic heterocycles. The van der Waals surface area contributed by atoms with Crippen LogP contribution in [0.25, 0.3) is 0 Å². The third kappa shape index (κ3) is 4.43. The summed E-state index contributed by atoms with van der Waals surface area (Å²) in [6.45, 7) is 5.48. The molecule has 0 radical (unpaired) electrons. The average molecular weight is 286 g/mol. The molecule has 0 aliphatic rings. The van der Waals surface area contributed by atoms with Gasteiger partial charge in [-0.3, -0.25) is 0 Å². The quantitative estimate of drug-likeness (QED) is 0.816. The maximum atomic E-state index is 5.22. The van der Waals surface area contributed by atoms with Gasteiger partial charge in [-0.2, -0.15) is 0 Å². The third-order valence-corrected chi connectivity index (χ3v) is 2.97. The maximum absolute atomic E-state index is 5.22. The first-order valence-corrected chi connectivity index (χ1v) is 7.16. The first-order valence-electron chi connectivity index (χ1n) is 7.16.